The first-order chi connectivity index (χ1) is 12.2. The van der Waals surface area contributed by atoms with E-state index in [2.05, 4.69) is 33.3 Å². The number of fused-ring (bicyclic) bond motifs is 1. The van der Waals surface area contributed by atoms with Crippen LogP contribution in [0, 0.1) is 6.92 Å². The van der Waals surface area contributed by atoms with Crippen molar-refractivity contribution in [1.29, 1.82) is 0 Å². The van der Waals surface area contributed by atoms with Crippen LogP contribution in [0.3, 0.4) is 0 Å². The zero-order valence-electron chi connectivity index (χ0n) is 15.1. The lowest BCUT2D eigenvalue weighted by Crippen LogP contribution is -2.37. The third-order valence-corrected chi connectivity index (χ3v) is 5.23. The number of rotatable bonds is 3. The van der Waals surface area contributed by atoms with Crippen LogP contribution in [0.15, 0.2) is 12.5 Å². The van der Waals surface area contributed by atoms with Crippen molar-refractivity contribution in [2.24, 2.45) is 7.05 Å². The first-order valence-corrected chi connectivity index (χ1v) is 9.07. The summed E-state index contributed by atoms with van der Waals surface area (Å²) < 4.78 is 7.54. The first-order valence-electron chi connectivity index (χ1n) is 9.07. The summed E-state index contributed by atoms with van der Waals surface area (Å²) in [6, 6.07) is 0. The van der Waals surface area contributed by atoms with E-state index >= 15 is 0 Å². The highest BCUT2D eigenvalue weighted by Gasteiger charge is 2.21. The summed E-state index contributed by atoms with van der Waals surface area (Å²) in [6.07, 6.45) is 5.82. The molecule has 7 nitrogen and oxygen atoms in total. The Balaban J connectivity index is 1.50. The van der Waals surface area contributed by atoms with Gasteiger partial charge in [-0.1, -0.05) is 0 Å². The van der Waals surface area contributed by atoms with Gasteiger partial charge in [0, 0.05) is 58.1 Å². The van der Waals surface area contributed by atoms with Crippen LogP contribution in [0.2, 0.25) is 0 Å². The number of aryl methyl sites for hydroxylation is 2. The van der Waals surface area contributed by atoms with E-state index in [0.29, 0.717) is 0 Å². The molecule has 0 radical (unpaired) electrons. The number of aromatic nitrogens is 4. The minimum Gasteiger partial charge on any atom is -0.378 e. The summed E-state index contributed by atoms with van der Waals surface area (Å²) in [4.78, 5) is 18.7. The van der Waals surface area contributed by atoms with E-state index in [1.807, 2.05) is 12.5 Å². The smallest absolute Gasteiger partial charge is 0.225 e. The molecule has 1 saturated heterocycles. The Hall–Kier alpha value is -1.99. The summed E-state index contributed by atoms with van der Waals surface area (Å²) in [5.74, 6) is 0.875. The van der Waals surface area contributed by atoms with Gasteiger partial charge in [0.2, 0.25) is 5.95 Å². The normalized spacial score (nSPS) is 18.9. The maximum absolute atomic E-state index is 5.45. The molecule has 7 heteroatoms. The molecule has 25 heavy (non-hydrogen) atoms. The fraction of sp³-hybridized carbons (Fsp3) is 0.611. The molecule has 0 spiro atoms. The number of hydrogen-bond acceptors (Lipinski definition) is 6. The quantitative estimate of drug-likeness (QED) is 0.828. The summed E-state index contributed by atoms with van der Waals surface area (Å²) in [6.45, 7) is 8.41. The summed E-state index contributed by atoms with van der Waals surface area (Å²) in [5.41, 5.74) is 4.95. The molecule has 134 valence electrons. The van der Waals surface area contributed by atoms with Crippen molar-refractivity contribution in [2.45, 2.75) is 26.3 Å². The van der Waals surface area contributed by atoms with Crippen LogP contribution in [0.5, 0.6) is 0 Å². The maximum atomic E-state index is 5.45. The van der Waals surface area contributed by atoms with Gasteiger partial charge in [-0.2, -0.15) is 0 Å². The predicted octanol–water partition coefficient (Wildman–Crippen LogP) is 0.956. The van der Waals surface area contributed by atoms with Crippen LogP contribution in [0.25, 0.3) is 0 Å². The van der Waals surface area contributed by atoms with E-state index in [1.165, 1.54) is 17.0 Å². The van der Waals surface area contributed by atoms with Crippen molar-refractivity contribution in [1.82, 2.24) is 24.4 Å². The Bertz CT molecular complexity index is 737. The van der Waals surface area contributed by atoms with Gasteiger partial charge in [-0.05, 0) is 18.9 Å². The van der Waals surface area contributed by atoms with Gasteiger partial charge in [0.1, 0.15) is 0 Å². The second-order valence-corrected chi connectivity index (χ2v) is 6.91. The number of imidazole rings is 1. The molecular weight excluding hydrogens is 316 g/mol. The molecule has 0 bridgehead atoms. The van der Waals surface area contributed by atoms with Crippen molar-refractivity contribution >= 4 is 5.95 Å². The topological polar surface area (TPSA) is 59.3 Å². The molecule has 0 amide bonds. The van der Waals surface area contributed by atoms with E-state index in [1.54, 1.807) is 0 Å². The lowest BCUT2D eigenvalue weighted by atomic mass is 10.1. The Morgan fingerprint density at radius 1 is 1.08 bits per heavy atom. The molecule has 2 aliphatic rings. The highest BCUT2D eigenvalue weighted by molar-refractivity contribution is 5.38. The van der Waals surface area contributed by atoms with Crippen LogP contribution in [0.4, 0.5) is 5.95 Å². The van der Waals surface area contributed by atoms with Crippen LogP contribution >= 0.6 is 0 Å². The fourth-order valence-electron chi connectivity index (χ4n) is 3.65. The van der Waals surface area contributed by atoms with E-state index in [9.17, 15) is 0 Å². The molecular formula is C18H26N6O. The standard InChI is InChI=1S/C18H26N6O/c1-14-16-3-5-23(12-15-11-19-13-22(15)2)6-4-17(16)21-18(20-14)24-7-9-25-10-8-24/h11,13H,3-10,12H2,1-2H3. The molecule has 4 heterocycles. The zero-order valence-corrected chi connectivity index (χ0v) is 15.1. The van der Waals surface area contributed by atoms with Gasteiger partial charge in [-0.3, -0.25) is 4.90 Å². The maximum Gasteiger partial charge on any atom is 0.225 e. The summed E-state index contributed by atoms with van der Waals surface area (Å²) in [5, 5.41) is 0. The molecule has 4 rings (SSSR count). The van der Waals surface area contributed by atoms with Crippen molar-refractivity contribution in [3.8, 4) is 0 Å². The van der Waals surface area contributed by atoms with Crippen LogP contribution in [-0.2, 0) is 31.2 Å². The van der Waals surface area contributed by atoms with Crippen LogP contribution in [-0.4, -0.2) is 63.8 Å². The van der Waals surface area contributed by atoms with Gasteiger partial charge >= 0.3 is 0 Å². The van der Waals surface area contributed by atoms with E-state index in [0.717, 1.165) is 70.4 Å². The number of anilines is 1. The molecule has 0 aliphatic carbocycles. The van der Waals surface area contributed by atoms with E-state index < -0.39 is 0 Å². The Morgan fingerprint density at radius 2 is 1.88 bits per heavy atom. The molecule has 0 N–H and O–H groups in total. The third-order valence-electron chi connectivity index (χ3n) is 5.23. The van der Waals surface area contributed by atoms with Crippen LogP contribution in [0.1, 0.15) is 22.6 Å². The highest BCUT2D eigenvalue weighted by Crippen LogP contribution is 2.21. The molecule has 0 unspecified atom stereocenters. The number of morpholine rings is 1. The van der Waals surface area contributed by atoms with Crippen molar-refractivity contribution in [3.63, 3.8) is 0 Å². The molecule has 2 aromatic rings. The van der Waals surface area contributed by atoms with E-state index in [4.69, 9.17) is 14.7 Å². The van der Waals surface area contributed by atoms with Crippen molar-refractivity contribution < 1.29 is 4.74 Å². The fourth-order valence-corrected chi connectivity index (χ4v) is 3.65. The minimum absolute atomic E-state index is 0.762. The lowest BCUT2D eigenvalue weighted by Gasteiger charge is -2.27. The van der Waals surface area contributed by atoms with Gasteiger partial charge in [-0.25, -0.2) is 15.0 Å². The van der Waals surface area contributed by atoms with E-state index in [-0.39, 0.29) is 0 Å². The average molecular weight is 342 g/mol. The van der Waals surface area contributed by atoms with Gasteiger partial charge in [0.25, 0.3) is 0 Å². The molecule has 1 fully saturated rings. The van der Waals surface area contributed by atoms with Crippen molar-refractivity contribution in [2.75, 3.05) is 44.3 Å². The zero-order chi connectivity index (χ0) is 17.2. The molecule has 2 aliphatic heterocycles. The minimum atomic E-state index is 0.762. The third kappa shape index (κ3) is 3.52. The average Bonchev–Trinajstić information content (AvgIpc) is 2.91. The number of ether oxygens (including phenoxy) is 1. The second-order valence-electron chi connectivity index (χ2n) is 6.91. The molecule has 0 saturated carbocycles. The number of hydrogen-bond donors (Lipinski definition) is 0. The lowest BCUT2D eigenvalue weighted by molar-refractivity contribution is 0.122. The Labute approximate surface area is 148 Å². The predicted molar refractivity (Wildman–Crippen MR) is 95.7 cm³/mol. The molecule has 0 atom stereocenters. The number of nitrogens with zero attached hydrogens (tertiary/aromatic N) is 6. The van der Waals surface area contributed by atoms with Gasteiger partial charge in [-0.15, -0.1) is 0 Å². The van der Waals surface area contributed by atoms with Gasteiger partial charge in [0.05, 0.1) is 30.9 Å². The van der Waals surface area contributed by atoms with Crippen molar-refractivity contribution in [3.05, 3.63) is 35.2 Å². The largest absolute Gasteiger partial charge is 0.378 e. The first kappa shape index (κ1) is 16.5. The molecule has 0 aromatic carbocycles. The van der Waals surface area contributed by atoms with Gasteiger partial charge in [0.15, 0.2) is 0 Å². The summed E-state index contributed by atoms with van der Waals surface area (Å²) >= 11 is 0. The Kier molecular flexibility index (Phi) is 4.67. The van der Waals surface area contributed by atoms with Gasteiger partial charge < -0.3 is 14.2 Å². The van der Waals surface area contributed by atoms with Crippen LogP contribution < -0.4 is 4.90 Å². The second kappa shape index (κ2) is 7.09. The SMILES string of the molecule is Cc1nc(N2CCOCC2)nc2c1CCN(Cc1cncn1C)CC2. The molecule has 2 aromatic heterocycles. The monoisotopic (exact) mass is 342 g/mol. The highest BCUT2D eigenvalue weighted by atomic mass is 16.5. The Morgan fingerprint density at radius 3 is 2.64 bits per heavy atom. The summed E-state index contributed by atoms with van der Waals surface area (Å²) in [7, 11) is 2.05.